The lowest BCUT2D eigenvalue weighted by molar-refractivity contribution is 0.0979. The Labute approximate surface area is 315 Å². The molecule has 0 bridgehead atoms. The van der Waals surface area contributed by atoms with Crippen LogP contribution in [0.3, 0.4) is 0 Å². The Morgan fingerprint density at radius 2 is 0.741 bits per heavy atom. The molecular weight excluding hydrogens is 661 g/mol. The maximum atomic E-state index is 14.0. The van der Waals surface area contributed by atoms with Gasteiger partial charge in [-0.1, -0.05) is 103 Å². The van der Waals surface area contributed by atoms with Crippen LogP contribution in [0.2, 0.25) is 0 Å². The van der Waals surface area contributed by atoms with Crippen molar-refractivity contribution in [1.29, 1.82) is 0 Å². The average Bonchev–Trinajstić information content (AvgIpc) is 3.25. The Bertz CT molecular complexity index is 2520. The smallest absolute Gasteiger partial charge is 0.194 e. The summed E-state index contributed by atoms with van der Waals surface area (Å²) in [6.07, 6.45) is 8.73. The molecule has 9 rings (SSSR count). The summed E-state index contributed by atoms with van der Waals surface area (Å²) in [4.78, 5) is 32.4. The predicted octanol–water partition coefficient (Wildman–Crippen LogP) is 12.6. The van der Waals surface area contributed by atoms with Gasteiger partial charge in [-0.3, -0.25) is 9.59 Å². The van der Waals surface area contributed by atoms with E-state index in [4.69, 9.17) is 0 Å². The molecule has 0 atom stereocenters. The van der Waals surface area contributed by atoms with E-state index in [-0.39, 0.29) is 11.6 Å². The van der Waals surface area contributed by atoms with Crippen LogP contribution in [0.25, 0.3) is 22.3 Å². The fourth-order valence-corrected chi connectivity index (χ4v) is 7.51. The quantitative estimate of drug-likeness (QED) is 0.159. The molecule has 0 fully saturated rings. The average molecular weight is 697 g/mol. The number of rotatable bonds is 8. The van der Waals surface area contributed by atoms with Crippen LogP contribution in [-0.4, -0.2) is 11.6 Å². The lowest BCUT2D eigenvalue weighted by Crippen LogP contribution is -2.21. The minimum Gasteiger partial charge on any atom is -0.311 e. The molecule has 2 aliphatic carbocycles. The molecule has 0 unspecified atom stereocenters. The Kier molecular flexibility index (Phi) is 8.62. The minimum atomic E-state index is -0.133. The summed E-state index contributed by atoms with van der Waals surface area (Å²) < 4.78 is 0. The Morgan fingerprint density at radius 3 is 1.17 bits per heavy atom. The topological polar surface area (TPSA) is 40.6 Å². The third-order valence-corrected chi connectivity index (χ3v) is 10.2. The fraction of sp³-hybridized carbons (Fsp3) is 0.0400. The molecule has 0 spiro atoms. The highest BCUT2D eigenvalue weighted by molar-refractivity contribution is 6.29. The molecule has 0 saturated carbocycles. The van der Waals surface area contributed by atoms with Gasteiger partial charge in [-0.2, -0.15) is 0 Å². The third kappa shape index (κ3) is 6.14. The zero-order chi connectivity index (χ0) is 36.4. The van der Waals surface area contributed by atoms with Gasteiger partial charge in [-0.25, -0.2) is 0 Å². The Hall–Kier alpha value is -7.04. The van der Waals surface area contributed by atoms with Gasteiger partial charge >= 0.3 is 0 Å². The van der Waals surface area contributed by atoms with Gasteiger partial charge in [-0.15, -0.1) is 0 Å². The van der Waals surface area contributed by atoms with Gasteiger partial charge in [0, 0.05) is 56.4 Å². The monoisotopic (exact) mass is 696 g/mol. The first-order chi connectivity index (χ1) is 26.6. The van der Waals surface area contributed by atoms with E-state index < -0.39 is 0 Å². The summed E-state index contributed by atoms with van der Waals surface area (Å²) >= 11 is 0. The van der Waals surface area contributed by atoms with Gasteiger partial charge in [-0.05, 0) is 126 Å². The first kappa shape index (κ1) is 32.8. The maximum absolute atomic E-state index is 14.0. The van der Waals surface area contributed by atoms with E-state index in [1.165, 1.54) is 0 Å². The fourth-order valence-electron chi connectivity index (χ4n) is 7.51. The van der Waals surface area contributed by atoms with Crippen molar-refractivity contribution in [3.63, 3.8) is 0 Å². The van der Waals surface area contributed by atoms with Crippen molar-refractivity contribution in [2.75, 3.05) is 9.80 Å². The van der Waals surface area contributed by atoms with Gasteiger partial charge < -0.3 is 9.80 Å². The maximum Gasteiger partial charge on any atom is 0.194 e. The van der Waals surface area contributed by atoms with Crippen LogP contribution in [0.4, 0.5) is 28.4 Å². The summed E-state index contributed by atoms with van der Waals surface area (Å²) in [5.74, 6) is -0.265. The van der Waals surface area contributed by atoms with E-state index in [0.29, 0.717) is 22.3 Å². The summed E-state index contributed by atoms with van der Waals surface area (Å²) in [7, 11) is 0. The van der Waals surface area contributed by atoms with Gasteiger partial charge in [0.25, 0.3) is 0 Å². The SMILES string of the molecule is O=C1c2ccc(-c3ccc(N(c4ccccc4)c4ccccc4)cc3)cc2C(=O)c2ccc(-c3ccc(N(C4=CCCC=C4)c4ccccc4)cc3)cc21. The molecule has 7 aromatic rings. The molecule has 54 heavy (non-hydrogen) atoms. The van der Waals surface area contributed by atoms with Crippen molar-refractivity contribution >= 4 is 40.0 Å². The van der Waals surface area contributed by atoms with E-state index in [2.05, 4.69) is 125 Å². The van der Waals surface area contributed by atoms with Gasteiger partial charge in [0.15, 0.2) is 11.6 Å². The first-order valence-corrected chi connectivity index (χ1v) is 18.3. The van der Waals surface area contributed by atoms with Crippen molar-refractivity contribution in [1.82, 2.24) is 0 Å². The van der Waals surface area contributed by atoms with Crippen LogP contribution in [-0.2, 0) is 0 Å². The molecule has 258 valence electrons. The second-order valence-corrected chi connectivity index (χ2v) is 13.6. The lowest BCUT2D eigenvalue weighted by atomic mass is 9.81. The highest BCUT2D eigenvalue weighted by atomic mass is 16.1. The molecule has 0 saturated heterocycles. The summed E-state index contributed by atoms with van der Waals surface area (Å²) in [5.41, 5.74) is 11.9. The van der Waals surface area contributed by atoms with E-state index in [9.17, 15) is 9.59 Å². The number of benzene rings is 7. The van der Waals surface area contributed by atoms with Crippen molar-refractivity contribution in [2.45, 2.75) is 12.8 Å². The van der Waals surface area contributed by atoms with E-state index in [0.717, 1.165) is 69.2 Å². The molecule has 0 N–H and O–H groups in total. The molecule has 2 aliphatic rings. The molecule has 7 aromatic carbocycles. The van der Waals surface area contributed by atoms with E-state index in [1.54, 1.807) is 12.1 Å². The number of hydrogen-bond acceptors (Lipinski definition) is 4. The summed E-state index contributed by atoms with van der Waals surface area (Å²) in [6.45, 7) is 0. The highest BCUT2D eigenvalue weighted by Crippen LogP contribution is 2.38. The number of fused-ring (bicyclic) bond motifs is 2. The van der Waals surface area contributed by atoms with Gasteiger partial charge in [0.1, 0.15) is 0 Å². The molecule has 0 aromatic heterocycles. The van der Waals surface area contributed by atoms with Gasteiger partial charge in [0.2, 0.25) is 0 Å². The molecular formula is C50H36N2O2. The number of hydrogen-bond donors (Lipinski definition) is 0. The number of para-hydroxylation sites is 3. The largest absolute Gasteiger partial charge is 0.311 e. The first-order valence-electron chi connectivity index (χ1n) is 18.3. The number of nitrogens with zero attached hydrogens (tertiary/aromatic N) is 2. The normalized spacial score (nSPS) is 13.1. The molecule has 4 nitrogen and oxygen atoms in total. The van der Waals surface area contributed by atoms with Crippen LogP contribution in [0.5, 0.6) is 0 Å². The van der Waals surface area contributed by atoms with E-state index in [1.807, 2.05) is 66.7 Å². The van der Waals surface area contributed by atoms with Crippen LogP contribution < -0.4 is 9.80 Å². The number of allylic oxidation sites excluding steroid dienone is 3. The molecule has 0 aliphatic heterocycles. The van der Waals surface area contributed by atoms with Crippen LogP contribution >= 0.6 is 0 Å². The van der Waals surface area contributed by atoms with Crippen LogP contribution in [0.15, 0.2) is 200 Å². The summed E-state index contributed by atoms with van der Waals surface area (Å²) in [6, 6.07) is 58.9. The number of anilines is 5. The minimum absolute atomic E-state index is 0.132. The number of carbonyl (C=O) groups is 2. The number of ketones is 2. The zero-order valence-corrected chi connectivity index (χ0v) is 29.6. The highest BCUT2D eigenvalue weighted by Gasteiger charge is 2.30. The van der Waals surface area contributed by atoms with Crippen molar-refractivity contribution < 1.29 is 9.59 Å². The van der Waals surface area contributed by atoms with Gasteiger partial charge in [0.05, 0.1) is 0 Å². The van der Waals surface area contributed by atoms with Crippen LogP contribution in [0.1, 0.15) is 44.7 Å². The summed E-state index contributed by atoms with van der Waals surface area (Å²) in [5, 5.41) is 0. The molecule has 0 heterocycles. The Morgan fingerprint density at radius 1 is 0.352 bits per heavy atom. The Balaban J connectivity index is 0.986. The third-order valence-electron chi connectivity index (χ3n) is 10.2. The second kappa shape index (κ2) is 14.2. The lowest BCUT2D eigenvalue weighted by Gasteiger charge is -2.27. The molecule has 0 amide bonds. The van der Waals surface area contributed by atoms with Crippen LogP contribution in [0, 0.1) is 0 Å². The second-order valence-electron chi connectivity index (χ2n) is 13.6. The predicted molar refractivity (Wildman–Crippen MR) is 220 cm³/mol. The molecule has 0 radical (unpaired) electrons. The number of carbonyl (C=O) groups excluding carboxylic acids is 2. The van der Waals surface area contributed by atoms with E-state index >= 15 is 0 Å². The standard InChI is InChI=1S/C50H36N2O2/c53-49-46-32-26-38(36-23-29-44(30-24-36)52(41-17-9-3-10-18-41)42-19-11-4-12-20-42)34-48(46)50(54)45-31-25-37(33-47(45)49)35-21-27-43(28-22-35)51(39-13-5-1-6-14-39)40-15-7-2-8-16-40/h1-3,5-11,13-34H,4,12H2. The zero-order valence-electron chi connectivity index (χ0n) is 29.6. The van der Waals surface area contributed by atoms with Crippen molar-refractivity contribution in [2.24, 2.45) is 0 Å². The molecule has 4 heteroatoms. The van der Waals surface area contributed by atoms with Crippen molar-refractivity contribution in [3.8, 4) is 22.3 Å². The van der Waals surface area contributed by atoms with Crippen molar-refractivity contribution in [3.05, 3.63) is 222 Å².